The summed E-state index contributed by atoms with van der Waals surface area (Å²) in [6.45, 7) is 10.1. The molecule has 3 N–H and O–H groups in total. The minimum Gasteiger partial charge on any atom is -0.357 e. The Morgan fingerprint density at radius 1 is 1.27 bits per heavy atom. The number of allylic oxidation sites excluding steroid dienone is 1. The molecule has 5 rings (SSSR count). The Morgan fingerprint density at radius 2 is 2.05 bits per heavy atom. The maximum atomic E-state index is 13.5. The van der Waals surface area contributed by atoms with Gasteiger partial charge in [-0.25, -0.2) is 14.8 Å². The minimum absolute atomic E-state index is 0.0752. The number of quaternary nitrogens is 1. The first-order valence-electron chi connectivity index (χ1n) is 12.3. The van der Waals surface area contributed by atoms with Gasteiger partial charge in [-0.2, -0.15) is 4.98 Å². The van der Waals surface area contributed by atoms with E-state index in [9.17, 15) is 9.59 Å². The molecule has 3 aromatic heterocycles. The number of nitrogens with one attached hydrogen (secondary N) is 3. The highest BCUT2D eigenvalue weighted by atomic mass is 32.1. The molecule has 3 atom stereocenters. The molecule has 1 fully saturated rings. The Kier molecular flexibility index (Phi) is 6.11. The highest BCUT2D eigenvalue weighted by Crippen LogP contribution is 2.43. The quantitative estimate of drug-likeness (QED) is 0.424. The number of rotatable bonds is 6. The molecule has 1 aliphatic heterocycles. The number of thiazole rings is 1. The maximum absolute atomic E-state index is 13.5. The molecule has 194 valence electrons. The van der Waals surface area contributed by atoms with Crippen LogP contribution in [0.5, 0.6) is 0 Å². The van der Waals surface area contributed by atoms with Gasteiger partial charge < -0.3 is 10.6 Å². The molecule has 12 heteroatoms. The van der Waals surface area contributed by atoms with Crippen LogP contribution in [0.4, 0.5) is 15.7 Å². The van der Waals surface area contributed by atoms with Gasteiger partial charge in [-0.1, -0.05) is 16.4 Å². The Labute approximate surface area is 218 Å². The molecule has 37 heavy (non-hydrogen) atoms. The number of anilines is 1. The van der Waals surface area contributed by atoms with Crippen LogP contribution in [0.1, 0.15) is 58.6 Å². The number of pyridine rings is 1. The topological polar surface area (TPSA) is 126 Å². The monoisotopic (exact) mass is 522 g/mol. The molecule has 0 saturated heterocycles. The lowest BCUT2D eigenvalue weighted by Gasteiger charge is -2.39. The second-order valence-corrected chi connectivity index (χ2v) is 11.5. The smallest absolute Gasteiger partial charge is 0.323 e. The van der Waals surface area contributed by atoms with Gasteiger partial charge in [0.1, 0.15) is 17.4 Å². The van der Waals surface area contributed by atoms with Gasteiger partial charge in [-0.3, -0.25) is 14.7 Å². The van der Waals surface area contributed by atoms with Gasteiger partial charge in [0, 0.05) is 48.3 Å². The molecule has 0 spiro atoms. The van der Waals surface area contributed by atoms with E-state index in [1.165, 1.54) is 11.3 Å². The van der Waals surface area contributed by atoms with Gasteiger partial charge in [-0.05, 0) is 47.1 Å². The molecule has 0 radical (unpaired) electrons. The van der Waals surface area contributed by atoms with E-state index in [2.05, 4.69) is 51.7 Å². The third-order valence-electron chi connectivity index (χ3n) is 6.82. The lowest BCUT2D eigenvalue weighted by molar-refractivity contribution is 0.188. The van der Waals surface area contributed by atoms with Gasteiger partial charge >= 0.3 is 6.03 Å². The number of carbonyl (C=O) groups is 1. The Bertz CT molecular complexity index is 1470. The summed E-state index contributed by atoms with van der Waals surface area (Å²) in [5.41, 5.74) is 2.58. The largest absolute Gasteiger partial charge is 0.357 e. The molecule has 1 aliphatic carbocycles. The molecular formula is C25H32N9O2S+. The summed E-state index contributed by atoms with van der Waals surface area (Å²) in [7, 11) is 1.74. The summed E-state index contributed by atoms with van der Waals surface area (Å²) in [6, 6.07) is 1.31. The van der Waals surface area contributed by atoms with Crippen LogP contribution in [0.15, 0.2) is 45.8 Å². The van der Waals surface area contributed by atoms with Gasteiger partial charge in [0.2, 0.25) is 16.8 Å². The summed E-state index contributed by atoms with van der Waals surface area (Å²) in [4.78, 5) is 39.6. The molecule has 0 aromatic carbocycles. The van der Waals surface area contributed by atoms with Crippen LogP contribution in [-0.2, 0) is 0 Å². The summed E-state index contributed by atoms with van der Waals surface area (Å²) in [6.07, 6.45) is 7.73. The summed E-state index contributed by atoms with van der Waals surface area (Å²) < 4.78 is 1.82. The van der Waals surface area contributed by atoms with Crippen molar-refractivity contribution in [1.82, 2.24) is 34.7 Å². The molecular weight excluding hydrogens is 490 g/mol. The van der Waals surface area contributed by atoms with E-state index in [0.29, 0.717) is 29.4 Å². The Balaban J connectivity index is 1.36. The lowest BCUT2D eigenvalue weighted by Crippen LogP contribution is -2.59. The molecule has 3 unspecified atom stereocenters. The van der Waals surface area contributed by atoms with E-state index in [4.69, 9.17) is 5.10 Å². The fourth-order valence-electron chi connectivity index (χ4n) is 4.93. The Hall–Kier alpha value is -3.64. The normalized spacial score (nSPS) is 22.8. The van der Waals surface area contributed by atoms with E-state index >= 15 is 0 Å². The van der Waals surface area contributed by atoms with Crippen LogP contribution in [0.3, 0.4) is 0 Å². The van der Waals surface area contributed by atoms with E-state index in [0.717, 1.165) is 10.4 Å². The number of carbonyl (C=O) groups excluding carboxylic acids is 1. The van der Waals surface area contributed by atoms with E-state index in [1.54, 1.807) is 35.7 Å². The molecule has 2 aliphatic rings. The van der Waals surface area contributed by atoms with Crippen LogP contribution in [0.25, 0.3) is 11.0 Å². The van der Waals surface area contributed by atoms with Gasteiger partial charge in [-0.15, -0.1) is 4.59 Å². The fraction of sp³-hybridized carbons (Fsp3) is 0.440. The van der Waals surface area contributed by atoms with Crippen LogP contribution in [-0.4, -0.2) is 50.4 Å². The molecule has 0 bridgehead atoms. The fourth-order valence-corrected chi connectivity index (χ4v) is 5.86. The van der Waals surface area contributed by atoms with Crippen molar-refractivity contribution in [1.29, 1.82) is 0 Å². The number of urea groups is 1. The second-order valence-electron chi connectivity index (χ2n) is 10.6. The lowest BCUT2D eigenvalue weighted by atomic mass is 10.1. The molecule has 11 nitrogen and oxygen atoms in total. The van der Waals surface area contributed by atoms with E-state index in [-0.39, 0.29) is 39.7 Å². The first-order chi connectivity index (χ1) is 17.6. The summed E-state index contributed by atoms with van der Waals surface area (Å²) >= 11 is 1.49. The van der Waals surface area contributed by atoms with Crippen LogP contribution in [0.2, 0.25) is 0 Å². The van der Waals surface area contributed by atoms with Crippen molar-refractivity contribution in [3.8, 4) is 0 Å². The van der Waals surface area contributed by atoms with Gasteiger partial charge in [0.25, 0.3) is 5.56 Å². The summed E-state index contributed by atoms with van der Waals surface area (Å²) in [5, 5.41) is 15.4. The number of aromatic nitrogens is 4. The molecule has 2 amide bonds. The number of fused-ring (bicyclic) bond motifs is 1. The maximum Gasteiger partial charge on any atom is 0.323 e. The number of nitrogens with zero attached hydrogens (tertiary/aromatic N) is 6. The summed E-state index contributed by atoms with van der Waals surface area (Å²) in [5.74, 6) is 1.04. The van der Waals surface area contributed by atoms with Gasteiger partial charge in [0.05, 0.1) is 11.7 Å². The third kappa shape index (κ3) is 4.19. The highest BCUT2D eigenvalue weighted by Gasteiger charge is 2.52. The van der Waals surface area contributed by atoms with Crippen molar-refractivity contribution in [2.75, 3.05) is 12.4 Å². The van der Waals surface area contributed by atoms with Crippen molar-refractivity contribution < 1.29 is 4.79 Å². The van der Waals surface area contributed by atoms with Crippen LogP contribution in [0, 0.1) is 0 Å². The second kappa shape index (κ2) is 9.03. The number of hydrogen-bond donors (Lipinski definition) is 3. The van der Waals surface area contributed by atoms with E-state index < -0.39 is 0 Å². The van der Waals surface area contributed by atoms with E-state index in [1.807, 2.05) is 26.0 Å². The van der Waals surface area contributed by atoms with Crippen molar-refractivity contribution in [3.05, 3.63) is 51.8 Å². The highest BCUT2D eigenvalue weighted by molar-refractivity contribution is 7.13. The molecule has 4 heterocycles. The predicted octanol–water partition coefficient (Wildman–Crippen LogP) is 3.67. The Morgan fingerprint density at radius 3 is 2.70 bits per heavy atom. The third-order valence-corrected chi connectivity index (χ3v) is 7.66. The molecule has 1 saturated carbocycles. The average Bonchev–Trinajstić information content (AvgIpc) is 3.20. The first-order valence-corrected chi connectivity index (χ1v) is 13.2. The standard InChI is InChI=1S/C25H31N9O2S/c1-14(2)33-21-15(11-28-23(26-6)32-21)9-17(22(33)35)16-10-18(16)30-24(36)31-19-7-8-29-34(19,25(3,4)5)20-12-27-13-37-20/h7-9,11-14,16,18H,10H2,1-6H3,(H2-,26,28,29,30,31,32,35,36)/p+1. The van der Waals surface area contributed by atoms with Crippen molar-refractivity contribution in [2.45, 2.75) is 64.6 Å². The SMILES string of the molecule is CNc1ncc2cc(C3CC3NC(=O)NC3=CC=N[N+]3(c3cncs3)C(C)(C)C)c(=O)n(C(C)C)c2n1. The van der Waals surface area contributed by atoms with Crippen molar-refractivity contribution >= 4 is 45.6 Å². The average molecular weight is 523 g/mol. The zero-order valence-corrected chi connectivity index (χ0v) is 22.6. The predicted molar refractivity (Wildman–Crippen MR) is 147 cm³/mol. The van der Waals surface area contributed by atoms with Crippen molar-refractivity contribution in [2.24, 2.45) is 5.10 Å². The number of hydrogen-bond acceptors (Lipinski definition) is 8. The minimum atomic E-state index is -0.358. The van der Waals surface area contributed by atoms with Crippen LogP contribution >= 0.6 is 11.3 Å². The van der Waals surface area contributed by atoms with Crippen LogP contribution < -0.4 is 26.1 Å². The van der Waals surface area contributed by atoms with Gasteiger partial charge in [0.15, 0.2) is 0 Å². The zero-order chi connectivity index (χ0) is 26.5. The first kappa shape index (κ1) is 25.0. The van der Waals surface area contributed by atoms with Crippen molar-refractivity contribution in [3.63, 3.8) is 0 Å². The zero-order valence-electron chi connectivity index (χ0n) is 21.8. The number of amides is 2. The molecule has 3 aromatic rings.